The summed E-state index contributed by atoms with van der Waals surface area (Å²) in [4.78, 5) is 0. The molecule has 1 aromatic rings. The highest BCUT2D eigenvalue weighted by Crippen LogP contribution is 2.55. The smallest absolute Gasteiger partial charge is 0.123 e. The Balaban J connectivity index is 2.24. The Morgan fingerprint density at radius 2 is 2.11 bits per heavy atom. The lowest BCUT2D eigenvalue weighted by atomic mass is 9.53. The van der Waals surface area contributed by atoms with Gasteiger partial charge in [-0.25, -0.2) is 4.39 Å². The van der Waals surface area contributed by atoms with E-state index in [1.165, 1.54) is 12.0 Å². The van der Waals surface area contributed by atoms with Crippen LogP contribution in [0.2, 0.25) is 0 Å². The van der Waals surface area contributed by atoms with Gasteiger partial charge in [0.1, 0.15) is 5.82 Å². The molecule has 0 amide bonds. The topological polar surface area (TPSA) is 12.0 Å². The molecule has 0 aliphatic heterocycles. The zero-order chi connectivity index (χ0) is 13.3. The normalized spacial score (nSPS) is 31.2. The second-order valence-corrected chi connectivity index (χ2v) is 5.76. The predicted molar refractivity (Wildman–Crippen MR) is 74.4 cm³/mol. The fourth-order valence-electron chi connectivity index (χ4n) is 3.42. The van der Waals surface area contributed by atoms with Crippen molar-refractivity contribution >= 4 is 0 Å². The second-order valence-electron chi connectivity index (χ2n) is 5.76. The Labute approximate surface area is 110 Å². The number of nitrogens with one attached hydrogen (secondary N) is 1. The maximum absolute atomic E-state index is 13.2. The van der Waals surface area contributed by atoms with Crippen LogP contribution in [-0.4, -0.2) is 12.6 Å². The maximum atomic E-state index is 13.2. The van der Waals surface area contributed by atoms with Crippen molar-refractivity contribution in [2.24, 2.45) is 5.41 Å². The summed E-state index contributed by atoms with van der Waals surface area (Å²) < 4.78 is 13.2. The van der Waals surface area contributed by atoms with Crippen molar-refractivity contribution in [1.29, 1.82) is 0 Å². The lowest BCUT2D eigenvalue weighted by molar-refractivity contribution is 0.0451. The SMILES string of the molecule is CCNC1CC(c2ccc(F)cc2C)C1(C)CC. The first kappa shape index (κ1) is 13.5. The lowest BCUT2D eigenvalue weighted by Gasteiger charge is -2.55. The first-order valence-corrected chi connectivity index (χ1v) is 7.02. The molecule has 18 heavy (non-hydrogen) atoms. The summed E-state index contributed by atoms with van der Waals surface area (Å²) in [6.07, 6.45) is 2.33. The van der Waals surface area contributed by atoms with Crippen LogP contribution in [0, 0.1) is 18.2 Å². The predicted octanol–water partition coefficient (Wildman–Crippen LogP) is 4.02. The van der Waals surface area contributed by atoms with Crippen molar-refractivity contribution in [3.8, 4) is 0 Å². The zero-order valence-corrected chi connectivity index (χ0v) is 11.9. The minimum atomic E-state index is -0.128. The van der Waals surface area contributed by atoms with Crippen LogP contribution in [-0.2, 0) is 0 Å². The van der Waals surface area contributed by atoms with Crippen LogP contribution < -0.4 is 5.32 Å². The van der Waals surface area contributed by atoms with Gasteiger partial charge in [0.15, 0.2) is 0 Å². The van der Waals surface area contributed by atoms with Crippen molar-refractivity contribution in [3.63, 3.8) is 0 Å². The molecule has 0 aromatic heterocycles. The summed E-state index contributed by atoms with van der Waals surface area (Å²) in [5.41, 5.74) is 2.73. The highest BCUT2D eigenvalue weighted by molar-refractivity contribution is 5.35. The van der Waals surface area contributed by atoms with E-state index >= 15 is 0 Å². The van der Waals surface area contributed by atoms with Gasteiger partial charge in [0.2, 0.25) is 0 Å². The van der Waals surface area contributed by atoms with Crippen LogP contribution in [0.1, 0.15) is 50.7 Å². The van der Waals surface area contributed by atoms with Crippen molar-refractivity contribution in [1.82, 2.24) is 5.32 Å². The molecule has 1 aliphatic carbocycles. The monoisotopic (exact) mass is 249 g/mol. The van der Waals surface area contributed by atoms with Crippen LogP contribution in [0.4, 0.5) is 4.39 Å². The molecule has 1 fully saturated rings. The summed E-state index contributed by atoms with van der Waals surface area (Å²) in [6, 6.07) is 5.83. The van der Waals surface area contributed by atoms with Crippen LogP contribution in [0.15, 0.2) is 18.2 Å². The first-order chi connectivity index (χ1) is 8.52. The third-order valence-corrected chi connectivity index (χ3v) is 4.88. The third kappa shape index (κ3) is 2.07. The number of halogens is 1. The van der Waals surface area contributed by atoms with E-state index in [1.54, 1.807) is 12.1 Å². The molecular weight excluding hydrogens is 225 g/mol. The molecule has 3 atom stereocenters. The molecule has 1 saturated carbocycles. The number of aryl methyl sites for hydroxylation is 1. The van der Waals surface area contributed by atoms with Gasteiger partial charge in [0, 0.05) is 6.04 Å². The van der Waals surface area contributed by atoms with E-state index in [-0.39, 0.29) is 5.82 Å². The molecule has 1 aliphatic rings. The van der Waals surface area contributed by atoms with Crippen molar-refractivity contribution in [2.75, 3.05) is 6.54 Å². The van der Waals surface area contributed by atoms with Gasteiger partial charge >= 0.3 is 0 Å². The molecule has 1 nitrogen and oxygen atoms in total. The van der Waals surface area contributed by atoms with Crippen LogP contribution >= 0.6 is 0 Å². The molecular formula is C16H24FN. The fourth-order valence-corrected chi connectivity index (χ4v) is 3.42. The van der Waals surface area contributed by atoms with E-state index in [0.717, 1.165) is 18.5 Å². The molecule has 100 valence electrons. The fraction of sp³-hybridized carbons (Fsp3) is 0.625. The maximum Gasteiger partial charge on any atom is 0.123 e. The average molecular weight is 249 g/mol. The Morgan fingerprint density at radius 3 is 2.67 bits per heavy atom. The van der Waals surface area contributed by atoms with E-state index in [4.69, 9.17) is 0 Å². The molecule has 2 heteroatoms. The van der Waals surface area contributed by atoms with Gasteiger partial charge in [-0.05, 0) is 60.9 Å². The van der Waals surface area contributed by atoms with Crippen LogP contribution in [0.3, 0.4) is 0 Å². The minimum absolute atomic E-state index is 0.128. The minimum Gasteiger partial charge on any atom is -0.314 e. The van der Waals surface area contributed by atoms with Gasteiger partial charge in [0.25, 0.3) is 0 Å². The average Bonchev–Trinajstić information content (AvgIpc) is 2.34. The van der Waals surface area contributed by atoms with E-state index in [1.807, 2.05) is 13.0 Å². The van der Waals surface area contributed by atoms with E-state index in [2.05, 4.69) is 26.1 Å². The molecule has 3 unspecified atom stereocenters. The molecule has 1 aromatic carbocycles. The largest absolute Gasteiger partial charge is 0.314 e. The molecule has 0 spiro atoms. The Kier molecular flexibility index (Phi) is 3.76. The molecule has 2 rings (SSSR count). The lowest BCUT2D eigenvalue weighted by Crippen LogP contribution is -2.56. The number of hydrogen-bond acceptors (Lipinski definition) is 1. The first-order valence-electron chi connectivity index (χ1n) is 7.02. The zero-order valence-electron chi connectivity index (χ0n) is 11.9. The summed E-state index contributed by atoms with van der Waals surface area (Å²) in [5, 5.41) is 3.58. The van der Waals surface area contributed by atoms with Gasteiger partial charge in [-0.2, -0.15) is 0 Å². The van der Waals surface area contributed by atoms with Crippen molar-refractivity contribution in [2.45, 2.75) is 52.5 Å². The number of rotatable bonds is 4. The Bertz CT molecular complexity index is 429. The summed E-state index contributed by atoms with van der Waals surface area (Å²) in [5.74, 6) is 0.434. The Morgan fingerprint density at radius 1 is 1.39 bits per heavy atom. The van der Waals surface area contributed by atoms with E-state index in [0.29, 0.717) is 17.4 Å². The molecule has 0 heterocycles. The Hall–Kier alpha value is -0.890. The van der Waals surface area contributed by atoms with E-state index < -0.39 is 0 Å². The van der Waals surface area contributed by atoms with Gasteiger partial charge in [-0.1, -0.05) is 26.8 Å². The molecule has 1 N–H and O–H groups in total. The molecule has 0 radical (unpaired) electrons. The summed E-state index contributed by atoms with van der Waals surface area (Å²) in [6.45, 7) is 9.82. The molecule has 0 saturated heterocycles. The van der Waals surface area contributed by atoms with Gasteiger partial charge in [0.05, 0.1) is 0 Å². The summed E-state index contributed by atoms with van der Waals surface area (Å²) in [7, 11) is 0. The van der Waals surface area contributed by atoms with E-state index in [9.17, 15) is 4.39 Å². The molecule has 0 bridgehead atoms. The highest BCUT2D eigenvalue weighted by atomic mass is 19.1. The standard InChI is InChI=1S/C16H24FN/c1-5-16(4)14(10-15(16)18-6-2)13-8-7-12(17)9-11(13)3/h7-9,14-15,18H,5-6,10H2,1-4H3. The van der Waals surface area contributed by atoms with Gasteiger partial charge in [-0.15, -0.1) is 0 Å². The number of hydrogen-bond donors (Lipinski definition) is 1. The second kappa shape index (κ2) is 5.00. The summed E-state index contributed by atoms with van der Waals surface area (Å²) >= 11 is 0. The highest BCUT2D eigenvalue weighted by Gasteiger charge is 2.50. The van der Waals surface area contributed by atoms with Crippen LogP contribution in [0.25, 0.3) is 0 Å². The van der Waals surface area contributed by atoms with Crippen molar-refractivity contribution in [3.05, 3.63) is 35.1 Å². The quantitative estimate of drug-likeness (QED) is 0.850. The van der Waals surface area contributed by atoms with Crippen molar-refractivity contribution < 1.29 is 4.39 Å². The van der Waals surface area contributed by atoms with Gasteiger partial charge < -0.3 is 5.32 Å². The number of benzene rings is 1. The van der Waals surface area contributed by atoms with Crippen LogP contribution in [0.5, 0.6) is 0 Å². The third-order valence-electron chi connectivity index (χ3n) is 4.88. The van der Waals surface area contributed by atoms with Gasteiger partial charge in [-0.3, -0.25) is 0 Å².